The molecule has 0 spiro atoms. The lowest BCUT2D eigenvalue weighted by molar-refractivity contribution is -0.113. The molecular formula is C15H18FN5O2S. The van der Waals surface area contributed by atoms with E-state index >= 15 is 0 Å². The van der Waals surface area contributed by atoms with E-state index in [1.165, 1.54) is 23.9 Å². The number of carbonyl (C=O) groups is 1. The molecule has 1 aliphatic heterocycles. The molecule has 0 aliphatic carbocycles. The van der Waals surface area contributed by atoms with Gasteiger partial charge in [0.05, 0.1) is 18.4 Å². The van der Waals surface area contributed by atoms with Gasteiger partial charge in [-0.2, -0.15) is 0 Å². The van der Waals surface area contributed by atoms with E-state index in [0.717, 1.165) is 25.0 Å². The largest absolute Gasteiger partial charge is 0.376 e. The normalized spacial score (nSPS) is 17.2. The summed E-state index contributed by atoms with van der Waals surface area (Å²) in [5.41, 5.74) is 1.28. The number of thioether (sulfide) groups is 1. The number of rotatable bonds is 6. The highest BCUT2D eigenvalue weighted by molar-refractivity contribution is 7.99. The van der Waals surface area contributed by atoms with Crippen molar-refractivity contribution in [1.29, 1.82) is 0 Å². The van der Waals surface area contributed by atoms with Crippen molar-refractivity contribution in [3.8, 4) is 0 Å². The Balaban J connectivity index is 1.54. The van der Waals surface area contributed by atoms with Crippen LogP contribution in [0, 0.1) is 12.7 Å². The van der Waals surface area contributed by atoms with Gasteiger partial charge >= 0.3 is 0 Å². The minimum atomic E-state index is -0.385. The van der Waals surface area contributed by atoms with Crippen molar-refractivity contribution in [2.75, 3.05) is 17.7 Å². The monoisotopic (exact) mass is 351 g/mol. The highest BCUT2D eigenvalue weighted by atomic mass is 32.2. The van der Waals surface area contributed by atoms with Gasteiger partial charge in [0.15, 0.2) is 0 Å². The molecule has 0 bridgehead atoms. The minimum Gasteiger partial charge on any atom is -0.376 e. The molecule has 1 amide bonds. The summed E-state index contributed by atoms with van der Waals surface area (Å²) in [6, 6.07) is 4.29. The highest BCUT2D eigenvalue weighted by Gasteiger charge is 2.19. The van der Waals surface area contributed by atoms with Crippen molar-refractivity contribution in [2.45, 2.75) is 37.6 Å². The van der Waals surface area contributed by atoms with Gasteiger partial charge in [-0.15, -0.1) is 5.10 Å². The maximum Gasteiger partial charge on any atom is 0.234 e. The lowest BCUT2D eigenvalue weighted by Gasteiger charge is -2.10. The second kappa shape index (κ2) is 7.71. The summed E-state index contributed by atoms with van der Waals surface area (Å²) in [5.74, 6) is -0.480. The standard InChI is InChI=1S/C15H18FN5O2S/c1-10-4-5-11(16)7-13(10)17-14(22)9-24-15-18-19-20-21(15)8-12-3-2-6-23-12/h4-5,7,12H,2-3,6,8-9H2,1H3,(H,17,22)/t12-/m1/s1. The topological polar surface area (TPSA) is 81.9 Å². The summed E-state index contributed by atoms with van der Waals surface area (Å²) in [7, 11) is 0. The van der Waals surface area contributed by atoms with E-state index < -0.39 is 0 Å². The number of ether oxygens (including phenoxy) is 1. The minimum absolute atomic E-state index is 0.122. The molecular weight excluding hydrogens is 333 g/mol. The molecule has 1 aromatic carbocycles. The van der Waals surface area contributed by atoms with E-state index in [4.69, 9.17) is 4.74 Å². The molecule has 0 saturated carbocycles. The van der Waals surface area contributed by atoms with Crippen molar-refractivity contribution >= 4 is 23.4 Å². The summed E-state index contributed by atoms with van der Waals surface area (Å²) >= 11 is 1.24. The van der Waals surface area contributed by atoms with Crippen LogP contribution in [0.15, 0.2) is 23.4 Å². The summed E-state index contributed by atoms with van der Waals surface area (Å²) in [6.07, 6.45) is 2.16. The Hall–Kier alpha value is -2.00. The van der Waals surface area contributed by atoms with Crippen molar-refractivity contribution in [1.82, 2.24) is 20.2 Å². The van der Waals surface area contributed by atoms with Gasteiger partial charge in [-0.25, -0.2) is 9.07 Å². The number of halogens is 1. The first-order valence-electron chi connectivity index (χ1n) is 7.68. The summed E-state index contributed by atoms with van der Waals surface area (Å²) in [4.78, 5) is 12.1. The Kier molecular flexibility index (Phi) is 5.41. The number of nitrogens with one attached hydrogen (secondary N) is 1. The molecule has 128 valence electrons. The number of hydrogen-bond acceptors (Lipinski definition) is 6. The molecule has 1 atom stereocenters. The van der Waals surface area contributed by atoms with Crippen LogP contribution in [0.3, 0.4) is 0 Å². The molecule has 24 heavy (non-hydrogen) atoms. The number of tetrazole rings is 1. The Bertz CT molecular complexity index is 718. The van der Waals surface area contributed by atoms with Gasteiger partial charge in [0.1, 0.15) is 5.82 Å². The van der Waals surface area contributed by atoms with Crippen molar-refractivity contribution in [2.24, 2.45) is 0 Å². The number of benzene rings is 1. The van der Waals surface area contributed by atoms with Gasteiger partial charge in [0.2, 0.25) is 11.1 Å². The first kappa shape index (κ1) is 16.8. The third-order valence-corrected chi connectivity index (χ3v) is 4.66. The fourth-order valence-corrected chi connectivity index (χ4v) is 3.13. The molecule has 1 fully saturated rings. The molecule has 2 heterocycles. The second-order valence-corrected chi connectivity index (χ2v) is 6.52. The van der Waals surface area contributed by atoms with Crippen molar-refractivity contribution in [3.05, 3.63) is 29.6 Å². The fourth-order valence-electron chi connectivity index (χ4n) is 2.44. The number of aryl methyl sites for hydroxylation is 1. The molecule has 1 aromatic heterocycles. The number of amides is 1. The molecule has 1 N–H and O–H groups in total. The van der Waals surface area contributed by atoms with Gasteiger partial charge in [-0.3, -0.25) is 4.79 Å². The van der Waals surface area contributed by atoms with Crippen LogP contribution in [0.2, 0.25) is 0 Å². The van der Waals surface area contributed by atoms with Gasteiger partial charge in [0.25, 0.3) is 0 Å². The lowest BCUT2D eigenvalue weighted by atomic mass is 10.2. The summed E-state index contributed by atoms with van der Waals surface area (Å²) < 4.78 is 20.5. The van der Waals surface area contributed by atoms with Crippen LogP contribution in [0.1, 0.15) is 18.4 Å². The molecule has 3 rings (SSSR count). The predicted octanol–water partition coefficient (Wildman–Crippen LogP) is 2.03. The first-order valence-corrected chi connectivity index (χ1v) is 8.67. The average molecular weight is 351 g/mol. The number of aromatic nitrogens is 4. The maximum absolute atomic E-state index is 13.3. The van der Waals surface area contributed by atoms with E-state index in [1.807, 2.05) is 6.92 Å². The average Bonchev–Trinajstić information content (AvgIpc) is 3.21. The number of anilines is 1. The van der Waals surface area contributed by atoms with E-state index in [9.17, 15) is 9.18 Å². The molecule has 0 unspecified atom stereocenters. The SMILES string of the molecule is Cc1ccc(F)cc1NC(=O)CSc1nnnn1C[C@H]1CCCO1. The number of nitrogens with zero attached hydrogens (tertiary/aromatic N) is 4. The summed E-state index contributed by atoms with van der Waals surface area (Å²) in [6.45, 7) is 3.16. The van der Waals surface area contributed by atoms with E-state index in [2.05, 4.69) is 20.8 Å². The van der Waals surface area contributed by atoms with Gasteiger partial charge in [-0.05, 0) is 47.9 Å². The molecule has 1 aliphatic rings. The van der Waals surface area contributed by atoms with E-state index in [1.54, 1.807) is 10.7 Å². The Morgan fingerprint density at radius 1 is 1.54 bits per heavy atom. The predicted molar refractivity (Wildman–Crippen MR) is 87.3 cm³/mol. The third kappa shape index (κ3) is 4.30. The van der Waals surface area contributed by atoms with Crippen molar-refractivity contribution < 1.29 is 13.9 Å². The zero-order valence-electron chi connectivity index (χ0n) is 13.2. The Morgan fingerprint density at radius 3 is 3.21 bits per heavy atom. The zero-order chi connectivity index (χ0) is 16.9. The van der Waals surface area contributed by atoms with E-state index in [0.29, 0.717) is 17.4 Å². The van der Waals surface area contributed by atoms with E-state index in [-0.39, 0.29) is 23.6 Å². The molecule has 7 nitrogen and oxygen atoms in total. The van der Waals surface area contributed by atoms with Crippen LogP contribution in [0.5, 0.6) is 0 Å². The van der Waals surface area contributed by atoms with Crippen LogP contribution in [0.4, 0.5) is 10.1 Å². The summed E-state index contributed by atoms with van der Waals surface area (Å²) in [5, 5.41) is 14.8. The van der Waals surface area contributed by atoms with Crippen molar-refractivity contribution in [3.63, 3.8) is 0 Å². The van der Waals surface area contributed by atoms with Gasteiger partial charge < -0.3 is 10.1 Å². The number of carbonyl (C=O) groups excluding carboxylic acids is 1. The maximum atomic E-state index is 13.3. The van der Waals surface area contributed by atoms with Crippen LogP contribution in [-0.4, -0.2) is 44.6 Å². The first-order chi connectivity index (χ1) is 11.6. The third-order valence-electron chi connectivity index (χ3n) is 3.71. The Morgan fingerprint density at radius 2 is 2.42 bits per heavy atom. The number of hydrogen-bond donors (Lipinski definition) is 1. The fraction of sp³-hybridized carbons (Fsp3) is 0.467. The second-order valence-electron chi connectivity index (χ2n) is 5.57. The van der Waals surface area contributed by atoms with Crippen LogP contribution in [-0.2, 0) is 16.1 Å². The quantitative estimate of drug-likeness (QED) is 0.802. The molecule has 0 radical (unpaired) electrons. The van der Waals surface area contributed by atoms with Crippen LogP contribution >= 0.6 is 11.8 Å². The zero-order valence-corrected chi connectivity index (χ0v) is 14.1. The smallest absolute Gasteiger partial charge is 0.234 e. The molecule has 2 aromatic rings. The van der Waals surface area contributed by atoms with Gasteiger partial charge in [0, 0.05) is 12.3 Å². The molecule has 1 saturated heterocycles. The lowest BCUT2D eigenvalue weighted by Crippen LogP contribution is -2.18. The van der Waals surface area contributed by atoms with Crippen LogP contribution < -0.4 is 5.32 Å². The van der Waals surface area contributed by atoms with Gasteiger partial charge in [-0.1, -0.05) is 17.8 Å². The highest BCUT2D eigenvalue weighted by Crippen LogP contribution is 2.20. The van der Waals surface area contributed by atoms with Crippen LogP contribution in [0.25, 0.3) is 0 Å². The molecule has 9 heteroatoms. The Labute approximate surface area is 142 Å².